The molecule has 0 radical (unpaired) electrons. The van der Waals surface area contributed by atoms with E-state index < -0.39 is 32.3 Å². The van der Waals surface area contributed by atoms with Crippen LogP contribution >= 0.6 is 0 Å². The average Bonchev–Trinajstić information content (AvgIpc) is 3.03. The Bertz CT molecular complexity index is 1930. The molecule has 0 aromatic heterocycles. The van der Waals surface area contributed by atoms with Crippen LogP contribution in [0, 0.1) is 0 Å². The Balaban J connectivity index is 1.08. The first kappa shape index (κ1) is 33.5. The minimum Gasteiger partial charge on any atom is -0.382 e. The van der Waals surface area contributed by atoms with Gasteiger partial charge in [0, 0.05) is 22.7 Å². The first-order valence-corrected chi connectivity index (χ1v) is 17.5. The Morgan fingerprint density at radius 3 is 1.17 bits per heavy atom. The van der Waals surface area contributed by atoms with Crippen molar-refractivity contribution in [1.29, 1.82) is 0 Å². The third-order valence-corrected chi connectivity index (χ3v) is 8.69. The van der Waals surface area contributed by atoms with Gasteiger partial charge in [-0.25, -0.2) is 9.59 Å². The number of carbonyl (C=O) groups is 2. The number of amides is 4. The second-order valence-corrected chi connectivity index (χ2v) is 13.5. The van der Waals surface area contributed by atoms with Gasteiger partial charge >= 0.3 is 32.3 Å². The van der Waals surface area contributed by atoms with Crippen LogP contribution in [0.2, 0.25) is 0 Å². The first-order chi connectivity index (χ1) is 23.0. The highest BCUT2D eigenvalue weighted by atomic mass is 32.2. The maximum absolute atomic E-state index is 12.6. The fourth-order valence-corrected chi connectivity index (χ4v) is 6.49. The smallest absolute Gasteiger partial charge is 0.323 e. The van der Waals surface area contributed by atoms with Crippen molar-refractivity contribution in [2.45, 2.75) is 11.5 Å². The van der Waals surface area contributed by atoms with Gasteiger partial charge in [0.1, 0.15) is 23.0 Å². The molecule has 12 nitrogen and oxygen atoms in total. The molecule has 0 atom stereocenters. The van der Waals surface area contributed by atoms with Crippen molar-refractivity contribution in [1.82, 2.24) is 0 Å². The summed E-state index contributed by atoms with van der Waals surface area (Å²) in [4.78, 5) is 25.2. The Morgan fingerprint density at radius 1 is 0.438 bits per heavy atom. The number of rotatable bonds is 12. The monoisotopic (exact) mass is 686 g/mol. The molecule has 48 heavy (non-hydrogen) atoms. The fraction of sp³-hybridized carbons (Fsp3) is 0.0588. The molecule has 0 aliphatic heterocycles. The quantitative estimate of drug-likeness (QED) is 0.104. The lowest BCUT2D eigenvalue weighted by Crippen LogP contribution is -2.21. The van der Waals surface area contributed by atoms with Crippen LogP contribution in [-0.2, 0) is 31.7 Å². The predicted octanol–water partition coefficient (Wildman–Crippen LogP) is 6.79. The van der Waals surface area contributed by atoms with Crippen molar-refractivity contribution in [3.8, 4) is 11.5 Å². The van der Waals surface area contributed by atoms with Crippen LogP contribution in [0.1, 0.15) is 11.1 Å². The van der Waals surface area contributed by atoms with Crippen molar-refractivity contribution in [2.24, 2.45) is 0 Å². The van der Waals surface area contributed by atoms with Crippen LogP contribution in [-0.4, -0.2) is 28.9 Å². The molecule has 246 valence electrons. The van der Waals surface area contributed by atoms with Crippen LogP contribution in [0.4, 0.5) is 32.3 Å². The highest BCUT2D eigenvalue weighted by Gasteiger charge is 2.16. The van der Waals surface area contributed by atoms with Gasteiger partial charge in [0.15, 0.2) is 0 Å². The van der Waals surface area contributed by atoms with E-state index in [4.69, 9.17) is 8.37 Å². The zero-order chi connectivity index (χ0) is 34.0. The summed E-state index contributed by atoms with van der Waals surface area (Å²) in [7, 11) is -7.74. The van der Waals surface area contributed by atoms with E-state index in [-0.39, 0.29) is 23.0 Å². The van der Waals surface area contributed by atoms with Gasteiger partial charge in [-0.05, 0) is 77.9 Å². The van der Waals surface area contributed by atoms with E-state index in [1.807, 2.05) is 0 Å². The van der Waals surface area contributed by atoms with E-state index in [9.17, 15) is 26.4 Å². The third kappa shape index (κ3) is 10.6. The zero-order valence-electron chi connectivity index (χ0n) is 25.2. The average molecular weight is 687 g/mol. The molecular weight excluding hydrogens is 657 g/mol. The van der Waals surface area contributed by atoms with Crippen molar-refractivity contribution in [3.05, 3.63) is 145 Å². The lowest BCUT2D eigenvalue weighted by atomic mass is 10.2. The molecule has 0 heterocycles. The van der Waals surface area contributed by atoms with Gasteiger partial charge in [-0.3, -0.25) is 0 Å². The van der Waals surface area contributed by atoms with Gasteiger partial charge in [0.2, 0.25) is 0 Å². The summed E-state index contributed by atoms with van der Waals surface area (Å²) in [6.45, 7) is 0. The van der Waals surface area contributed by atoms with Gasteiger partial charge in [-0.2, -0.15) is 16.8 Å². The number of hydrogen-bond donors (Lipinski definition) is 4. The number of benzene rings is 5. The van der Waals surface area contributed by atoms with E-state index in [1.165, 1.54) is 48.5 Å². The van der Waals surface area contributed by atoms with E-state index >= 15 is 0 Å². The molecule has 5 aromatic carbocycles. The van der Waals surface area contributed by atoms with Crippen LogP contribution in [0.15, 0.2) is 133 Å². The Morgan fingerprint density at radius 2 is 0.792 bits per heavy atom. The maximum Gasteiger partial charge on any atom is 0.323 e. The topological polar surface area (TPSA) is 169 Å². The highest BCUT2D eigenvalue weighted by Crippen LogP contribution is 2.22. The van der Waals surface area contributed by atoms with Gasteiger partial charge in [0.05, 0.1) is 0 Å². The van der Waals surface area contributed by atoms with Crippen molar-refractivity contribution in [2.75, 3.05) is 21.3 Å². The van der Waals surface area contributed by atoms with E-state index in [0.717, 1.165) is 0 Å². The fourth-order valence-electron chi connectivity index (χ4n) is 4.36. The Hall–Kier alpha value is -5.86. The lowest BCUT2D eigenvalue weighted by Gasteiger charge is -2.12. The number of nitrogens with one attached hydrogen (secondary N) is 4. The van der Waals surface area contributed by atoms with Gasteiger partial charge in [-0.1, -0.05) is 66.7 Å². The van der Waals surface area contributed by atoms with E-state index in [2.05, 4.69) is 21.3 Å². The van der Waals surface area contributed by atoms with Crippen LogP contribution in [0.5, 0.6) is 11.5 Å². The summed E-state index contributed by atoms with van der Waals surface area (Å²) in [5, 5.41) is 10.6. The summed E-state index contributed by atoms with van der Waals surface area (Å²) < 4.78 is 59.8. The molecule has 0 bridgehead atoms. The minimum absolute atomic E-state index is 0.102. The molecule has 4 amide bonds. The Labute approximate surface area is 278 Å². The first-order valence-electron chi connectivity index (χ1n) is 14.4. The number of hydrogen-bond acceptors (Lipinski definition) is 8. The summed E-state index contributed by atoms with van der Waals surface area (Å²) >= 11 is 0. The number of anilines is 4. The van der Waals surface area contributed by atoms with Crippen molar-refractivity contribution >= 4 is 55.0 Å². The molecule has 0 saturated carbocycles. The third-order valence-electron chi connectivity index (χ3n) is 6.42. The molecule has 14 heteroatoms. The van der Waals surface area contributed by atoms with Gasteiger partial charge in [-0.15, -0.1) is 0 Å². The summed E-state index contributed by atoms with van der Waals surface area (Å²) in [6, 6.07) is 34.3. The Kier molecular flexibility index (Phi) is 10.6. The molecular formula is C34H30N4O8S2. The van der Waals surface area contributed by atoms with Crippen LogP contribution in [0.3, 0.4) is 0 Å². The second-order valence-electron chi connectivity index (χ2n) is 10.3. The molecule has 5 rings (SSSR count). The molecule has 5 aromatic rings. The second kappa shape index (κ2) is 15.2. The molecule has 4 N–H and O–H groups in total. The van der Waals surface area contributed by atoms with Crippen molar-refractivity contribution < 1.29 is 34.8 Å². The molecule has 0 unspecified atom stereocenters. The summed E-state index contributed by atoms with van der Waals surface area (Å²) in [5.41, 5.74) is 2.74. The van der Waals surface area contributed by atoms with Crippen LogP contribution in [0.25, 0.3) is 0 Å². The molecule has 0 fully saturated rings. The highest BCUT2D eigenvalue weighted by molar-refractivity contribution is 7.86. The maximum atomic E-state index is 12.6. The largest absolute Gasteiger partial charge is 0.382 e. The van der Waals surface area contributed by atoms with Gasteiger partial charge < -0.3 is 29.6 Å². The molecule has 0 aliphatic rings. The molecule has 0 saturated heterocycles. The number of urea groups is 2. The van der Waals surface area contributed by atoms with Gasteiger partial charge in [0.25, 0.3) is 0 Å². The lowest BCUT2D eigenvalue weighted by molar-refractivity contribution is 0.261. The summed E-state index contributed by atoms with van der Waals surface area (Å²) in [6.07, 6.45) is 0. The molecule has 0 spiro atoms. The van der Waals surface area contributed by atoms with E-state index in [0.29, 0.717) is 33.9 Å². The molecule has 0 aliphatic carbocycles. The normalized spacial score (nSPS) is 11.2. The van der Waals surface area contributed by atoms with Crippen LogP contribution < -0.4 is 29.6 Å². The van der Waals surface area contributed by atoms with E-state index in [1.54, 1.807) is 84.9 Å². The standard InChI is InChI=1S/C34H30N4O8S2/c39-33(35-27-14-18-31(19-15-27)45-47(41,42)23-25-8-3-1-4-9-25)37-29-12-7-13-30(22-29)38-34(40)36-28-16-20-32(21-17-28)46-48(43,44)24-26-10-5-2-6-11-26/h1-22H,23-24H2,(H2,35,37,39)(H2,36,38,40). The zero-order valence-corrected chi connectivity index (χ0v) is 26.8. The SMILES string of the molecule is O=C(Nc1ccc(OS(=O)(=O)Cc2ccccc2)cc1)Nc1cccc(NC(=O)Nc2ccc(OS(=O)(=O)Cc3ccccc3)cc2)c1. The summed E-state index contributed by atoms with van der Waals surface area (Å²) in [5.74, 6) is -0.355. The predicted molar refractivity (Wildman–Crippen MR) is 184 cm³/mol. The van der Waals surface area contributed by atoms with Crippen molar-refractivity contribution in [3.63, 3.8) is 0 Å². The minimum atomic E-state index is -3.87. The number of carbonyl (C=O) groups excluding carboxylic acids is 2.